The van der Waals surface area contributed by atoms with Crippen LogP contribution in [0, 0.1) is 0 Å². The van der Waals surface area contributed by atoms with E-state index in [1.54, 1.807) is 0 Å². The van der Waals surface area contributed by atoms with Gasteiger partial charge in [0.2, 0.25) is 0 Å². The summed E-state index contributed by atoms with van der Waals surface area (Å²) in [7, 11) is 0. The summed E-state index contributed by atoms with van der Waals surface area (Å²) in [6, 6.07) is 9.91. The molecule has 1 nitrogen and oxygen atoms in total. The summed E-state index contributed by atoms with van der Waals surface area (Å²) in [5.74, 6) is 0.669. The molecule has 1 aromatic rings. The number of halogens is 1. The lowest BCUT2D eigenvalue weighted by Gasteiger charge is -2.15. The summed E-state index contributed by atoms with van der Waals surface area (Å²) in [6.07, 6.45) is 1.25. The monoisotopic (exact) mass is 253 g/mol. The van der Waals surface area contributed by atoms with Crippen LogP contribution in [-0.4, -0.2) is 12.1 Å². The maximum absolute atomic E-state index is 3.57. The molecule has 3 unspecified atom stereocenters. The third-order valence-corrected chi connectivity index (χ3v) is 3.53. The molecule has 3 atom stereocenters. The Hall–Kier alpha value is -0.340. The van der Waals surface area contributed by atoms with Crippen molar-refractivity contribution in [3.8, 4) is 0 Å². The van der Waals surface area contributed by atoms with Crippen LogP contribution in [0.25, 0.3) is 0 Å². The molecule has 1 aliphatic rings. The summed E-state index contributed by atoms with van der Waals surface area (Å²) in [4.78, 5) is 0. The van der Waals surface area contributed by atoms with Crippen molar-refractivity contribution in [2.24, 2.45) is 0 Å². The summed E-state index contributed by atoms with van der Waals surface area (Å²) in [5, 5.41) is 3.57. The number of benzene rings is 1. The Bertz CT molecular complexity index is 324. The lowest BCUT2D eigenvalue weighted by atomic mass is 9.92. The van der Waals surface area contributed by atoms with Crippen LogP contribution in [-0.2, 0) is 0 Å². The Labute approximate surface area is 94.0 Å². The molecule has 0 bridgehead atoms. The first-order chi connectivity index (χ1) is 6.66. The van der Waals surface area contributed by atoms with Gasteiger partial charge in [-0.15, -0.1) is 0 Å². The molecule has 1 heterocycles. The summed E-state index contributed by atoms with van der Waals surface area (Å²) >= 11 is 3.52. The van der Waals surface area contributed by atoms with Crippen LogP contribution >= 0.6 is 15.9 Å². The van der Waals surface area contributed by atoms with E-state index in [-0.39, 0.29) is 0 Å². The zero-order chi connectivity index (χ0) is 10.1. The molecule has 0 aliphatic carbocycles. The minimum absolute atomic E-state index is 0.597. The molecular formula is C12H16BrN. The van der Waals surface area contributed by atoms with Crippen molar-refractivity contribution in [1.29, 1.82) is 0 Å². The van der Waals surface area contributed by atoms with Gasteiger partial charge in [-0.25, -0.2) is 0 Å². The lowest BCUT2D eigenvalue weighted by molar-refractivity contribution is 0.574. The first-order valence-electron chi connectivity index (χ1n) is 5.18. The van der Waals surface area contributed by atoms with Gasteiger partial charge in [-0.05, 0) is 38.0 Å². The predicted octanol–water partition coefficient (Wildman–Crippen LogP) is 3.30. The third kappa shape index (κ3) is 2.01. The number of hydrogen-bond donors (Lipinski definition) is 1. The van der Waals surface area contributed by atoms with Crippen LogP contribution in [0.1, 0.15) is 31.7 Å². The van der Waals surface area contributed by atoms with Gasteiger partial charge < -0.3 is 5.32 Å². The Morgan fingerprint density at radius 2 is 2.14 bits per heavy atom. The van der Waals surface area contributed by atoms with Crippen LogP contribution < -0.4 is 5.32 Å². The van der Waals surface area contributed by atoms with E-state index >= 15 is 0 Å². The molecule has 2 heteroatoms. The van der Waals surface area contributed by atoms with Crippen LogP contribution in [0.4, 0.5) is 0 Å². The Morgan fingerprint density at radius 3 is 2.71 bits per heavy atom. The van der Waals surface area contributed by atoms with Crippen molar-refractivity contribution in [1.82, 2.24) is 5.32 Å². The van der Waals surface area contributed by atoms with Gasteiger partial charge in [0.1, 0.15) is 0 Å². The fourth-order valence-electron chi connectivity index (χ4n) is 2.38. The van der Waals surface area contributed by atoms with Crippen LogP contribution in [0.3, 0.4) is 0 Å². The van der Waals surface area contributed by atoms with Crippen molar-refractivity contribution in [3.05, 3.63) is 34.3 Å². The topological polar surface area (TPSA) is 12.0 Å². The summed E-state index contributed by atoms with van der Waals surface area (Å²) in [6.45, 7) is 4.53. The largest absolute Gasteiger partial charge is 0.311 e. The number of rotatable bonds is 1. The lowest BCUT2D eigenvalue weighted by Crippen LogP contribution is -2.26. The Balaban J connectivity index is 2.23. The highest BCUT2D eigenvalue weighted by atomic mass is 79.9. The van der Waals surface area contributed by atoms with E-state index in [1.807, 2.05) is 0 Å². The summed E-state index contributed by atoms with van der Waals surface area (Å²) < 4.78 is 1.18. The van der Waals surface area contributed by atoms with Gasteiger partial charge in [0.25, 0.3) is 0 Å². The normalized spacial score (nSPS) is 32.1. The molecule has 1 aliphatic heterocycles. The second-order valence-corrected chi connectivity index (χ2v) is 5.17. The second kappa shape index (κ2) is 4.03. The first kappa shape index (κ1) is 10.2. The van der Waals surface area contributed by atoms with Crippen molar-refractivity contribution in [3.63, 3.8) is 0 Å². The zero-order valence-corrected chi connectivity index (χ0v) is 10.2. The van der Waals surface area contributed by atoms with E-state index in [9.17, 15) is 0 Å². The Kier molecular flexibility index (Phi) is 2.93. The average molecular weight is 254 g/mol. The molecule has 76 valence electrons. The number of hydrogen-bond acceptors (Lipinski definition) is 1. The molecule has 2 rings (SSSR count). The van der Waals surface area contributed by atoms with E-state index in [4.69, 9.17) is 0 Å². The van der Waals surface area contributed by atoms with Gasteiger partial charge in [0.15, 0.2) is 0 Å². The molecule has 0 amide bonds. The molecule has 1 fully saturated rings. The van der Waals surface area contributed by atoms with Crippen molar-refractivity contribution >= 4 is 15.9 Å². The Morgan fingerprint density at radius 1 is 1.36 bits per heavy atom. The van der Waals surface area contributed by atoms with Crippen LogP contribution in [0.2, 0.25) is 0 Å². The molecule has 1 aromatic carbocycles. The van der Waals surface area contributed by atoms with E-state index < -0.39 is 0 Å². The molecule has 1 N–H and O–H groups in total. The highest BCUT2D eigenvalue weighted by molar-refractivity contribution is 9.10. The second-order valence-electron chi connectivity index (χ2n) is 4.25. The fraction of sp³-hybridized carbons (Fsp3) is 0.500. The minimum Gasteiger partial charge on any atom is -0.311 e. The van der Waals surface area contributed by atoms with Gasteiger partial charge in [0, 0.05) is 22.5 Å². The van der Waals surface area contributed by atoms with E-state index in [0.29, 0.717) is 18.0 Å². The van der Waals surface area contributed by atoms with Crippen molar-refractivity contribution in [2.75, 3.05) is 0 Å². The van der Waals surface area contributed by atoms with Crippen LogP contribution in [0.5, 0.6) is 0 Å². The van der Waals surface area contributed by atoms with Gasteiger partial charge >= 0.3 is 0 Å². The molecule has 14 heavy (non-hydrogen) atoms. The highest BCUT2D eigenvalue weighted by Gasteiger charge is 2.28. The maximum Gasteiger partial charge on any atom is 0.0178 e. The van der Waals surface area contributed by atoms with Crippen molar-refractivity contribution in [2.45, 2.75) is 38.3 Å². The fourth-order valence-corrected chi connectivity index (χ4v) is 2.80. The summed E-state index contributed by atoms with van der Waals surface area (Å²) in [5.41, 5.74) is 1.45. The van der Waals surface area contributed by atoms with E-state index in [2.05, 4.69) is 59.4 Å². The van der Waals surface area contributed by atoms with Gasteiger partial charge in [-0.3, -0.25) is 0 Å². The zero-order valence-electron chi connectivity index (χ0n) is 8.63. The standard InChI is InChI=1S/C12H16BrN/c1-8-6-12(9(2)14-8)10-4-3-5-11(13)7-10/h3-5,7-9,12,14H,6H2,1-2H3. The molecule has 0 aromatic heterocycles. The van der Waals surface area contributed by atoms with E-state index in [0.717, 1.165) is 0 Å². The SMILES string of the molecule is CC1CC(c2cccc(Br)c2)C(C)N1. The molecular weight excluding hydrogens is 238 g/mol. The molecule has 0 radical (unpaired) electrons. The van der Waals surface area contributed by atoms with Gasteiger partial charge in [-0.2, -0.15) is 0 Å². The first-order valence-corrected chi connectivity index (χ1v) is 5.97. The molecule has 0 spiro atoms. The third-order valence-electron chi connectivity index (χ3n) is 3.04. The quantitative estimate of drug-likeness (QED) is 0.810. The highest BCUT2D eigenvalue weighted by Crippen LogP contribution is 2.31. The van der Waals surface area contributed by atoms with Crippen molar-refractivity contribution < 1.29 is 0 Å². The molecule has 1 saturated heterocycles. The number of nitrogens with one attached hydrogen (secondary N) is 1. The van der Waals surface area contributed by atoms with Gasteiger partial charge in [-0.1, -0.05) is 28.1 Å². The van der Waals surface area contributed by atoms with Gasteiger partial charge in [0.05, 0.1) is 0 Å². The average Bonchev–Trinajstić information content (AvgIpc) is 2.45. The molecule has 0 saturated carbocycles. The van der Waals surface area contributed by atoms with E-state index in [1.165, 1.54) is 16.5 Å². The minimum atomic E-state index is 0.597. The maximum atomic E-state index is 3.57. The van der Waals surface area contributed by atoms with Crippen LogP contribution in [0.15, 0.2) is 28.7 Å². The predicted molar refractivity (Wildman–Crippen MR) is 63.6 cm³/mol. The smallest absolute Gasteiger partial charge is 0.0178 e.